The molecule has 0 radical (unpaired) electrons. The average molecular weight is 695 g/mol. The third-order valence-corrected chi connectivity index (χ3v) is 24.9. The fourth-order valence-corrected chi connectivity index (χ4v) is 11.1. The first-order chi connectivity index (χ1) is 20.9. The fourth-order valence-electron chi connectivity index (χ4n) is 5.38. The van der Waals surface area contributed by atoms with Crippen molar-refractivity contribution in [2.24, 2.45) is 5.92 Å². The zero-order valence-corrected chi connectivity index (χ0v) is 36.8. The first-order valence-electron chi connectivity index (χ1n) is 18.2. The molecule has 0 aromatic rings. The van der Waals surface area contributed by atoms with Gasteiger partial charge in [-0.3, -0.25) is 0 Å². The number of hydrogen-bond acceptors (Lipinski definition) is 4. The molecule has 0 unspecified atom stereocenters. The van der Waals surface area contributed by atoms with Crippen LogP contribution in [0.4, 0.5) is 0 Å². The highest BCUT2D eigenvalue weighted by Crippen LogP contribution is 2.40. The van der Waals surface area contributed by atoms with Gasteiger partial charge in [0.25, 0.3) is 0 Å². The Hall–Kier alpha value is -0.549. The second-order valence-electron chi connectivity index (χ2n) is 16.9. The molecule has 0 aromatic carbocycles. The number of aliphatic hydroxyl groups excluding tert-OH is 1. The van der Waals surface area contributed by atoms with Crippen LogP contribution in [0.25, 0.3) is 0 Å². The molecular formula is C39H78O4Si3. The Labute approximate surface area is 290 Å². The zero-order valence-electron chi connectivity index (χ0n) is 33.8. The molecule has 46 heavy (non-hydrogen) atoms. The van der Waals surface area contributed by atoms with E-state index in [1.54, 1.807) is 0 Å². The Morgan fingerprint density at radius 2 is 1.24 bits per heavy atom. The number of rotatable bonds is 20. The van der Waals surface area contributed by atoms with E-state index in [0.29, 0.717) is 6.42 Å². The molecule has 0 bridgehead atoms. The van der Waals surface area contributed by atoms with E-state index in [4.69, 9.17) is 13.3 Å². The average Bonchev–Trinajstić information content (AvgIpc) is 2.94. The van der Waals surface area contributed by atoms with Crippen LogP contribution >= 0.6 is 0 Å². The van der Waals surface area contributed by atoms with Gasteiger partial charge in [0.2, 0.25) is 0 Å². The normalized spacial score (nSPS) is 18.3. The molecule has 0 amide bonds. The molecule has 0 aliphatic heterocycles. The first-order valence-corrected chi connectivity index (χ1v) is 26.6. The summed E-state index contributed by atoms with van der Waals surface area (Å²) < 4.78 is 20.8. The van der Waals surface area contributed by atoms with Gasteiger partial charge in [0.1, 0.15) is 0 Å². The molecule has 0 fully saturated rings. The van der Waals surface area contributed by atoms with Crippen LogP contribution in [-0.2, 0) is 13.3 Å². The lowest BCUT2D eigenvalue weighted by molar-refractivity contribution is 0.0409. The van der Waals surface area contributed by atoms with E-state index in [-0.39, 0.29) is 34.3 Å². The summed E-state index contributed by atoms with van der Waals surface area (Å²) in [5.74, 6) is 0.236. The maximum Gasteiger partial charge on any atom is 0.192 e. The van der Waals surface area contributed by atoms with Crippen LogP contribution < -0.4 is 0 Å². The smallest absolute Gasteiger partial charge is 0.192 e. The molecule has 0 rings (SSSR count). The topological polar surface area (TPSA) is 47.9 Å². The maximum atomic E-state index is 11.0. The second-order valence-corrected chi connectivity index (χ2v) is 31.1. The van der Waals surface area contributed by atoms with Gasteiger partial charge in [-0.25, -0.2) is 0 Å². The molecule has 1 N–H and O–H groups in total. The van der Waals surface area contributed by atoms with Crippen molar-refractivity contribution >= 4 is 25.0 Å². The number of aliphatic hydroxyl groups is 1. The molecule has 0 aromatic heterocycles. The van der Waals surface area contributed by atoms with E-state index in [2.05, 4.69) is 141 Å². The highest BCUT2D eigenvalue weighted by molar-refractivity contribution is 6.74. The van der Waals surface area contributed by atoms with Crippen molar-refractivity contribution in [3.8, 4) is 0 Å². The van der Waals surface area contributed by atoms with Crippen LogP contribution in [-0.4, -0.2) is 54.5 Å². The van der Waals surface area contributed by atoms with Crippen LogP contribution in [0.5, 0.6) is 0 Å². The predicted octanol–water partition coefficient (Wildman–Crippen LogP) is 12.4. The minimum absolute atomic E-state index is 0.00201. The van der Waals surface area contributed by atoms with E-state index < -0.39 is 31.1 Å². The third kappa shape index (κ3) is 13.8. The van der Waals surface area contributed by atoms with E-state index in [0.717, 1.165) is 36.5 Å². The molecule has 0 aliphatic carbocycles. The number of hydrogen-bond donors (Lipinski definition) is 1. The molecule has 270 valence electrons. The Bertz CT molecular complexity index is 1000. The molecule has 0 aliphatic rings. The quantitative estimate of drug-likeness (QED) is 0.0783. The largest absolute Gasteiger partial charge is 0.412 e. The summed E-state index contributed by atoms with van der Waals surface area (Å²) in [5, 5.41) is 11.3. The monoisotopic (exact) mass is 695 g/mol. The van der Waals surface area contributed by atoms with Crippen molar-refractivity contribution < 1.29 is 18.4 Å². The predicted molar refractivity (Wildman–Crippen MR) is 212 cm³/mol. The summed E-state index contributed by atoms with van der Waals surface area (Å²) >= 11 is 0. The van der Waals surface area contributed by atoms with Crippen LogP contribution in [0.1, 0.15) is 116 Å². The summed E-state index contributed by atoms with van der Waals surface area (Å²) in [4.78, 5) is 0. The van der Waals surface area contributed by atoms with Crippen LogP contribution in [0.2, 0.25) is 54.4 Å². The lowest BCUT2D eigenvalue weighted by atomic mass is 9.90. The Balaban J connectivity index is 6.52. The Morgan fingerprint density at radius 3 is 1.65 bits per heavy atom. The van der Waals surface area contributed by atoms with Crippen LogP contribution in [0, 0.1) is 5.92 Å². The lowest BCUT2D eigenvalue weighted by Gasteiger charge is -2.40. The van der Waals surface area contributed by atoms with E-state index in [1.807, 2.05) is 13.0 Å². The highest BCUT2D eigenvalue weighted by Gasteiger charge is 2.41. The van der Waals surface area contributed by atoms with Gasteiger partial charge in [-0.05, 0) is 113 Å². The van der Waals surface area contributed by atoms with Crippen molar-refractivity contribution in [2.45, 2.75) is 195 Å². The molecule has 4 nitrogen and oxygen atoms in total. The molecule has 0 saturated carbocycles. The summed E-state index contributed by atoms with van der Waals surface area (Å²) in [7, 11) is -5.82. The summed E-state index contributed by atoms with van der Waals surface area (Å²) in [5.41, 5.74) is 3.69. The second kappa shape index (κ2) is 19.0. The molecule has 7 heteroatoms. The minimum atomic E-state index is -1.96. The molecule has 0 spiro atoms. The Morgan fingerprint density at radius 1 is 0.761 bits per heavy atom. The maximum absolute atomic E-state index is 11.0. The lowest BCUT2D eigenvalue weighted by Crippen LogP contribution is -2.46. The first kappa shape index (κ1) is 45.5. The number of allylic oxidation sites excluding steroid dienone is 2. The highest BCUT2D eigenvalue weighted by atomic mass is 28.4. The van der Waals surface area contributed by atoms with Gasteiger partial charge in [-0.2, -0.15) is 0 Å². The van der Waals surface area contributed by atoms with Gasteiger partial charge in [-0.15, -0.1) is 6.58 Å². The van der Waals surface area contributed by atoms with Gasteiger partial charge in [0.15, 0.2) is 25.0 Å². The van der Waals surface area contributed by atoms with Gasteiger partial charge >= 0.3 is 0 Å². The standard InChI is InChI=1S/C39H78O4Si3/c1-20-25-36(42-45(18,19)39(13,14)15)31(7)29-34(21-2)37(43-46(22-3,23-4)24-5)32(8)28-30(6)26-27-35(40)33(9)41-44(16,17)38(10,11)12/h20,26,28-29,33-37,40H,1,21-25,27H2,2-19H3/b30-26+,31-29+,32-28+/t33-,34+,35+,36+,37+/m1/s1. The SMILES string of the molecule is C=CC[C@H](O[Si](C)(C)C(C)(C)C)/C(C)=C/[C@H](CC)[C@@H](O[Si](CC)(CC)CC)/C(C)=C/C(C)=C/C[C@H](O)[C@@H](C)O[Si](C)(C)C(C)(C)C. The van der Waals surface area contributed by atoms with Gasteiger partial charge in [-0.1, -0.05) is 99.1 Å². The fraction of sp³-hybridized carbons (Fsp3) is 0.795. The third-order valence-electron chi connectivity index (χ3n) is 11.2. The van der Waals surface area contributed by atoms with Gasteiger partial charge < -0.3 is 18.4 Å². The molecule has 5 atom stereocenters. The van der Waals surface area contributed by atoms with E-state index in [9.17, 15) is 5.11 Å². The van der Waals surface area contributed by atoms with Gasteiger partial charge in [0.05, 0.1) is 24.4 Å². The van der Waals surface area contributed by atoms with E-state index >= 15 is 0 Å². The van der Waals surface area contributed by atoms with Crippen molar-refractivity contribution in [3.05, 3.63) is 47.6 Å². The van der Waals surface area contributed by atoms with Crippen molar-refractivity contribution in [1.82, 2.24) is 0 Å². The summed E-state index contributed by atoms with van der Waals surface area (Å²) in [6.07, 6.45) is 10.5. The zero-order chi connectivity index (χ0) is 36.3. The summed E-state index contributed by atoms with van der Waals surface area (Å²) in [6, 6.07) is 3.34. The van der Waals surface area contributed by atoms with Crippen molar-refractivity contribution in [1.29, 1.82) is 0 Å². The van der Waals surface area contributed by atoms with Crippen LogP contribution in [0.15, 0.2) is 47.6 Å². The molecule has 0 heterocycles. The molecular weight excluding hydrogens is 617 g/mol. The Kier molecular flexibility index (Phi) is 18.8. The van der Waals surface area contributed by atoms with Crippen molar-refractivity contribution in [3.63, 3.8) is 0 Å². The van der Waals surface area contributed by atoms with Crippen molar-refractivity contribution in [2.75, 3.05) is 0 Å². The molecule has 0 saturated heterocycles. The van der Waals surface area contributed by atoms with E-state index in [1.165, 1.54) is 11.1 Å². The van der Waals surface area contributed by atoms with Gasteiger partial charge in [0, 0.05) is 5.92 Å². The van der Waals surface area contributed by atoms with Crippen LogP contribution in [0.3, 0.4) is 0 Å². The summed E-state index contributed by atoms with van der Waals surface area (Å²) in [6.45, 7) is 44.7. The minimum Gasteiger partial charge on any atom is -0.412 e.